The zero-order chi connectivity index (χ0) is 22.6. The van der Waals surface area contributed by atoms with Crippen molar-refractivity contribution in [2.24, 2.45) is 0 Å². The second-order valence-corrected chi connectivity index (χ2v) is 6.47. The minimum absolute atomic E-state index is 0.0606. The highest BCUT2D eigenvalue weighted by Gasteiger charge is 2.06. The Kier molecular flexibility index (Phi) is 9.10. The number of carbonyl (C=O) groups excluding carboxylic acids is 3. The van der Waals surface area contributed by atoms with Crippen LogP contribution in [-0.4, -0.2) is 45.0 Å². The van der Waals surface area contributed by atoms with Gasteiger partial charge in [0.2, 0.25) is 11.8 Å². The summed E-state index contributed by atoms with van der Waals surface area (Å²) < 4.78 is 10.4. The van der Waals surface area contributed by atoms with E-state index in [1.54, 1.807) is 63.6 Å². The average Bonchev–Trinajstić information content (AvgIpc) is 2.80. The third kappa shape index (κ3) is 7.50. The minimum Gasteiger partial charge on any atom is -0.493 e. The molecule has 0 aliphatic carbocycles. The molecule has 0 fully saturated rings. The second-order valence-electron chi connectivity index (χ2n) is 6.47. The highest BCUT2D eigenvalue weighted by molar-refractivity contribution is 6.02. The van der Waals surface area contributed by atoms with Gasteiger partial charge in [0, 0.05) is 36.8 Å². The van der Waals surface area contributed by atoms with Crippen LogP contribution in [0.3, 0.4) is 0 Å². The second kappa shape index (κ2) is 12.0. The molecule has 2 rings (SSSR count). The molecule has 3 N–H and O–H groups in total. The molecule has 0 spiro atoms. The summed E-state index contributed by atoms with van der Waals surface area (Å²) in [7, 11) is 3.11. The molecule has 8 nitrogen and oxygen atoms in total. The van der Waals surface area contributed by atoms with Gasteiger partial charge in [-0.15, -0.1) is 0 Å². The molecule has 0 heterocycles. The van der Waals surface area contributed by atoms with Gasteiger partial charge in [-0.2, -0.15) is 0 Å². The molecule has 0 bridgehead atoms. The van der Waals surface area contributed by atoms with Crippen molar-refractivity contribution in [1.29, 1.82) is 0 Å². The van der Waals surface area contributed by atoms with Gasteiger partial charge in [-0.1, -0.05) is 13.0 Å². The Labute approximate surface area is 181 Å². The molecule has 0 saturated heterocycles. The fourth-order valence-corrected chi connectivity index (χ4v) is 2.62. The number of benzene rings is 2. The Bertz CT molecular complexity index is 939. The molecule has 0 radical (unpaired) electrons. The van der Waals surface area contributed by atoms with Crippen molar-refractivity contribution in [2.75, 3.05) is 32.6 Å². The predicted molar refractivity (Wildman–Crippen MR) is 119 cm³/mol. The van der Waals surface area contributed by atoms with Crippen LogP contribution >= 0.6 is 0 Å². The van der Waals surface area contributed by atoms with Crippen LogP contribution in [0.15, 0.2) is 48.5 Å². The SMILES string of the molecule is CCC(=O)NCCNC(=O)c1ccc(NC(=O)/C=C/c2ccc(OC)c(OC)c2)cc1. The van der Waals surface area contributed by atoms with E-state index in [9.17, 15) is 14.4 Å². The minimum atomic E-state index is -0.307. The lowest BCUT2D eigenvalue weighted by molar-refractivity contribution is -0.120. The number of ether oxygens (including phenoxy) is 2. The fraction of sp³-hybridized carbons (Fsp3) is 0.261. The van der Waals surface area contributed by atoms with Crippen molar-refractivity contribution in [3.05, 3.63) is 59.7 Å². The highest BCUT2D eigenvalue weighted by Crippen LogP contribution is 2.27. The maximum absolute atomic E-state index is 12.2. The lowest BCUT2D eigenvalue weighted by atomic mass is 10.1. The van der Waals surface area contributed by atoms with Crippen molar-refractivity contribution in [1.82, 2.24) is 10.6 Å². The number of carbonyl (C=O) groups is 3. The summed E-state index contributed by atoms with van der Waals surface area (Å²) in [6, 6.07) is 11.9. The third-order valence-electron chi connectivity index (χ3n) is 4.30. The Balaban J connectivity index is 1.86. The van der Waals surface area contributed by atoms with E-state index in [2.05, 4.69) is 16.0 Å². The first-order valence-electron chi connectivity index (χ1n) is 9.82. The average molecular weight is 425 g/mol. The molecule has 0 aliphatic rings. The van der Waals surface area contributed by atoms with E-state index in [0.29, 0.717) is 42.3 Å². The maximum atomic E-state index is 12.2. The van der Waals surface area contributed by atoms with Gasteiger partial charge in [0.05, 0.1) is 14.2 Å². The Morgan fingerprint density at radius 2 is 1.58 bits per heavy atom. The number of amides is 3. The van der Waals surface area contributed by atoms with E-state index in [1.165, 1.54) is 6.08 Å². The summed E-state index contributed by atoms with van der Waals surface area (Å²) in [4.78, 5) is 35.4. The summed E-state index contributed by atoms with van der Waals surface area (Å²) in [6.07, 6.45) is 3.48. The van der Waals surface area contributed by atoms with Gasteiger partial charge in [0.15, 0.2) is 11.5 Å². The number of rotatable bonds is 10. The number of hydrogen-bond donors (Lipinski definition) is 3. The maximum Gasteiger partial charge on any atom is 0.251 e. The Hall–Kier alpha value is -3.81. The number of methoxy groups -OCH3 is 2. The molecule has 0 unspecified atom stereocenters. The lowest BCUT2D eigenvalue weighted by Gasteiger charge is -2.08. The molecule has 0 saturated carbocycles. The topological polar surface area (TPSA) is 106 Å². The third-order valence-corrected chi connectivity index (χ3v) is 4.30. The fourth-order valence-electron chi connectivity index (χ4n) is 2.62. The van der Waals surface area contributed by atoms with E-state index in [-0.39, 0.29) is 17.7 Å². The van der Waals surface area contributed by atoms with Gasteiger partial charge in [-0.25, -0.2) is 0 Å². The molecular formula is C23H27N3O5. The molecule has 31 heavy (non-hydrogen) atoms. The van der Waals surface area contributed by atoms with Gasteiger partial charge in [0.1, 0.15) is 0 Å². The first kappa shape index (κ1) is 23.5. The molecule has 0 atom stereocenters. The highest BCUT2D eigenvalue weighted by atomic mass is 16.5. The van der Waals surface area contributed by atoms with Crippen LogP contribution in [0.1, 0.15) is 29.3 Å². The Morgan fingerprint density at radius 1 is 0.903 bits per heavy atom. The van der Waals surface area contributed by atoms with Gasteiger partial charge < -0.3 is 25.4 Å². The Morgan fingerprint density at radius 3 is 2.23 bits per heavy atom. The van der Waals surface area contributed by atoms with Crippen LogP contribution in [0.2, 0.25) is 0 Å². The van der Waals surface area contributed by atoms with E-state index in [4.69, 9.17) is 9.47 Å². The van der Waals surface area contributed by atoms with Crippen molar-refractivity contribution < 1.29 is 23.9 Å². The van der Waals surface area contributed by atoms with Crippen LogP contribution in [-0.2, 0) is 9.59 Å². The van der Waals surface area contributed by atoms with Crippen LogP contribution in [0.25, 0.3) is 6.08 Å². The zero-order valence-corrected chi connectivity index (χ0v) is 17.9. The molecule has 8 heteroatoms. The smallest absolute Gasteiger partial charge is 0.251 e. The molecule has 2 aromatic carbocycles. The van der Waals surface area contributed by atoms with Gasteiger partial charge in [-0.05, 0) is 48.0 Å². The van der Waals surface area contributed by atoms with Crippen molar-refractivity contribution >= 4 is 29.5 Å². The number of hydrogen-bond acceptors (Lipinski definition) is 5. The van der Waals surface area contributed by atoms with E-state index < -0.39 is 0 Å². The van der Waals surface area contributed by atoms with E-state index in [0.717, 1.165) is 5.56 Å². The van der Waals surface area contributed by atoms with Crippen LogP contribution in [0, 0.1) is 0 Å². The van der Waals surface area contributed by atoms with Crippen LogP contribution in [0.4, 0.5) is 5.69 Å². The van der Waals surface area contributed by atoms with E-state index in [1.807, 2.05) is 6.07 Å². The normalized spacial score (nSPS) is 10.4. The molecule has 2 aromatic rings. The molecular weight excluding hydrogens is 398 g/mol. The predicted octanol–water partition coefficient (Wildman–Crippen LogP) is 2.61. The molecule has 164 valence electrons. The monoisotopic (exact) mass is 425 g/mol. The molecule has 0 aromatic heterocycles. The zero-order valence-electron chi connectivity index (χ0n) is 17.9. The van der Waals surface area contributed by atoms with Crippen LogP contribution in [0.5, 0.6) is 11.5 Å². The van der Waals surface area contributed by atoms with E-state index >= 15 is 0 Å². The summed E-state index contributed by atoms with van der Waals surface area (Å²) in [5, 5.41) is 8.15. The number of anilines is 1. The molecule has 3 amide bonds. The standard InChI is InChI=1S/C23H27N3O5/c1-4-21(27)24-13-14-25-23(29)17-7-9-18(10-8-17)26-22(28)12-6-16-5-11-19(30-2)20(15-16)31-3/h5-12,15H,4,13-14H2,1-3H3,(H,24,27)(H,25,29)(H,26,28)/b12-6+. The number of nitrogens with one attached hydrogen (secondary N) is 3. The summed E-state index contributed by atoms with van der Waals surface area (Å²) in [5.41, 5.74) is 1.81. The van der Waals surface area contributed by atoms with Gasteiger partial charge in [0.25, 0.3) is 5.91 Å². The van der Waals surface area contributed by atoms with Gasteiger partial charge >= 0.3 is 0 Å². The van der Waals surface area contributed by atoms with Gasteiger partial charge in [-0.3, -0.25) is 14.4 Å². The first-order valence-corrected chi connectivity index (χ1v) is 9.82. The first-order chi connectivity index (χ1) is 15.0. The summed E-state index contributed by atoms with van der Waals surface area (Å²) in [5.74, 6) is 0.566. The summed E-state index contributed by atoms with van der Waals surface area (Å²) >= 11 is 0. The van der Waals surface area contributed by atoms with Crippen molar-refractivity contribution in [3.63, 3.8) is 0 Å². The van der Waals surface area contributed by atoms with Crippen LogP contribution < -0.4 is 25.4 Å². The summed E-state index contributed by atoms with van der Waals surface area (Å²) in [6.45, 7) is 2.48. The lowest BCUT2D eigenvalue weighted by Crippen LogP contribution is -2.34. The largest absolute Gasteiger partial charge is 0.493 e. The quantitative estimate of drug-likeness (QED) is 0.401. The van der Waals surface area contributed by atoms with Crippen molar-refractivity contribution in [2.45, 2.75) is 13.3 Å². The van der Waals surface area contributed by atoms with Crippen molar-refractivity contribution in [3.8, 4) is 11.5 Å². The molecule has 0 aliphatic heterocycles.